The Morgan fingerprint density at radius 3 is 2.88 bits per heavy atom. The van der Waals surface area contributed by atoms with Crippen molar-refractivity contribution in [1.29, 1.82) is 0 Å². The molecule has 2 N–H and O–H groups in total. The van der Waals surface area contributed by atoms with Crippen molar-refractivity contribution in [2.75, 3.05) is 45.2 Å². The first kappa shape index (κ1) is 12.1. The van der Waals surface area contributed by atoms with Crippen LogP contribution < -0.4 is 10.5 Å². The third-order valence-electron chi connectivity index (χ3n) is 2.74. The van der Waals surface area contributed by atoms with Gasteiger partial charge in [-0.2, -0.15) is 0 Å². The van der Waals surface area contributed by atoms with Gasteiger partial charge in [-0.1, -0.05) is 0 Å². The molecule has 1 aromatic carbocycles. The second kappa shape index (κ2) is 5.84. The van der Waals surface area contributed by atoms with E-state index in [1.165, 1.54) is 18.2 Å². The third kappa shape index (κ3) is 3.57. The van der Waals surface area contributed by atoms with E-state index >= 15 is 0 Å². The van der Waals surface area contributed by atoms with E-state index in [-0.39, 0.29) is 5.82 Å². The normalized spacial score (nSPS) is 17.0. The molecule has 1 fully saturated rings. The Bertz CT molecular complexity index is 368. The number of anilines is 1. The lowest BCUT2D eigenvalue weighted by Gasteiger charge is -2.26. The monoisotopic (exact) mass is 240 g/mol. The van der Waals surface area contributed by atoms with Crippen LogP contribution in [0.5, 0.6) is 5.75 Å². The van der Waals surface area contributed by atoms with Crippen molar-refractivity contribution in [2.24, 2.45) is 0 Å². The number of benzene rings is 1. The lowest BCUT2D eigenvalue weighted by atomic mass is 10.3. The van der Waals surface area contributed by atoms with Gasteiger partial charge in [-0.25, -0.2) is 4.39 Å². The number of rotatable bonds is 4. The minimum Gasteiger partial charge on any atom is -0.490 e. The van der Waals surface area contributed by atoms with Gasteiger partial charge in [0, 0.05) is 25.7 Å². The zero-order chi connectivity index (χ0) is 12.1. The molecule has 94 valence electrons. The molecule has 4 nitrogen and oxygen atoms in total. The first-order chi connectivity index (χ1) is 8.25. The minimum absolute atomic E-state index is 0.333. The topological polar surface area (TPSA) is 47.7 Å². The molecular formula is C12H17FN2O2. The highest BCUT2D eigenvalue weighted by Gasteiger charge is 2.10. The summed E-state index contributed by atoms with van der Waals surface area (Å²) in [5.41, 5.74) is 6.15. The number of morpholine rings is 1. The van der Waals surface area contributed by atoms with E-state index in [0.29, 0.717) is 18.0 Å². The molecule has 17 heavy (non-hydrogen) atoms. The molecule has 1 saturated heterocycles. The van der Waals surface area contributed by atoms with Crippen LogP contribution in [-0.4, -0.2) is 44.4 Å². The van der Waals surface area contributed by atoms with E-state index in [1.807, 2.05) is 0 Å². The van der Waals surface area contributed by atoms with E-state index in [9.17, 15) is 4.39 Å². The first-order valence-electron chi connectivity index (χ1n) is 5.73. The van der Waals surface area contributed by atoms with Crippen LogP contribution in [-0.2, 0) is 4.74 Å². The second-order valence-electron chi connectivity index (χ2n) is 3.98. The van der Waals surface area contributed by atoms with E-state index in [2.05, 4.69) is 4.90 Å². The number of ether oxygens (including phenoxy) is 2. The van der Waals surface area contributed by atoms with Gasteiger partial charge in [-0.05, 0) is 12.1 Å². The zero-order valence-electron chi connectivity index (χ0n) is 9.69. The number of nitrogen functional groups attached to an aromatic ring is 1. The lowest BCUT2D eigenvalue weighted by Crippen LogP contribution is -2.38. The van der Waals surface area contributed by atoms with Crippen molar-refractivity contribution >= 4 is 5.69 Å². The standard InChI is InChI=1S/C12H17FN2O2/c13-10-1-2-11(14)12(9-10)17-8-5-15-3-6-16-7-4-15/h1-2,9H,3-8,14H2. The average Bonchev–Trinajstić information content (AvgIpc) is 2.35. The highest BCUT2D eigenvalue weighted by atomic mass is 19.1. The van der Waals surface area contributed by atoms with E-state index in [1.54, 1.807) is 0 Å². The number of halogens is 1. The molecule has 0 aliphatic carbocycles. The van der Waals surface area contributed by atoms with Crippen LogP contribution >= 0.6 is 0 Å². The average molecular weight is 240 g/mol. The molecule has 0 atom stereocenters. The number of nitrogens with zero attached hydrogens (tertiary/aromatic N) is 1. The molecular weight excluding hydrogens is 223 g/mol. The van der Waals surface area contributed by atoms with Crippen LogP contribution in [0.2, 0.25) is 0 Å². The Balaban J connectivity index is 1.79. The van der Waals surface area contributed by atoms with Gasteiger partial charge in [0.05, 0.1) is 18.9 Å². The first-order valence-corrected chi connectivity index (χ1v) is 5.73. The molecule has 2 rings (SSSR count). The summed E-state index contributed by atoms with van der Waals surface area (Å²) in [4.78, 5) is 2.25. The maximum atomic E-state index is 13.0. The number of hydrogen-bond donors (Lipinski definition) is 1. The summed E-state index contributed by atoms with van der Waals surface area (Å²) in [7, 11) is 0. The smallest absolute Gasteiger partial charge is 0.145 e. The summed E-state index contributed by atoms with van der Waals surface area (Å²) in [6, 6.07) is 4.15. The Labute approximate surface area is 100 Å². The van der Waals surface area contributed by atoms with Gasteiger partial charge in [0.2, 0.25) is 0 Å². The number of nitrogens with two attached hydrogens (primary N) is 1. The molecule has 1 aromatic rings. The SMILES string of the molecule is Nc1ccc(F)cc1OCCN1CCOCC1. The molecule has 1 aliphatic heterocycles. The summed E-state index contributed by atoms with van der Waals surface area (Å²) in [6.45, 7) is 4.68. The van der Waals surface area contributed by atoms with Gasteiger partial charge >= 0.3 is 0 Å². The fraction of sp³-hybridized carbons (Fsp3) is 0.500. The van der Waals surface area contributed by atoms with Crippen LogP contribution in [0.15, 0.2) is 18.2 Å². The van der Waals surface area contributed by atoms with Crippen molar-refractivity contribution in [2.45, 2.75) is 0 Å². The quantitative estimate of drug-likeness (QED) is 0.801. The van der Waals surface area contributed by atoms with Gasteiger partial charge in [-0.3, -0.25) is 4.90 Å². The van der Waals surface area contributed by atoms with Gasteiger partial charge in [0.1, 0.15) is 18.2 Å². The van der Waals surface area contributed by atoms with Crippen molar-refractivity contribution in [3.05, 3.63) is 24.0 Å². The van der Waals surface area contributed by atoms with Crippen LogP contribution in [0.4, 0.5) is 10.1 Å². The number of hydrogen-bond acceptors (Lipinski definition) is 4. The molecule has 1 aliphatic rings. The fourth-order valence-corrected chi connectivity index (χ4v) is 1.74. The summed E-state index contributed by atoms with van der Waals surface area (Å²) in [5, 5.41) is 0. The summed E-state index contributed by atoms with van der Waals surface area (Å²) in [5.74, 6) is 0.0823. The van der Waals surface area contributed by atoms with Crippen molar-refractivity contribution in [1.82, 2.24) is 4.90 Å². The zero-order valence-corrected chi connectivity index (χ0v) is 9.69. The van der Waals surface area contributed by atoms with E-state index in [4.69, 9.17) is 15.2 Å². The second-order valence-corrected chi connectivity index (χ2v) is 3.98. The van der Waals surface area contributed by atoms with Crippen molar-refractivity contribution < 1.29 is 13.9 Å². The van der Waals surface area contributed by atoms with Crippen molar-refractivity contribution in [3.63, 3.8) is 0 Å². The molecule has 0 amide bonds. The summed E-state index contributed by atoms with van der Waals surface area (Å²) in [6.07, 6.45) is 0. The van der Waals surface area contributed by atoms with Crippen LogP contribution in [0, 0.1) is 5.82 Å². The third-order valence-corrected chi connectivity index (χ3v) is 2.74. The van der Waals surface area contributed by atoms with Gasteiger partial charge < -0.3 is 15.2 Å². The maximum absolute atomic E-state index is 13.0. The molecule has 5 heteroatoms. The summed E-state index contributed by atoms with van der Waals surface area (Å²) >= 11 is 0. The molecule has 1 heterocycles. The Kier molecular flexibility index (Phi) is 4.17. The van der Waals surface area contributed by atoms with Crippen LogP contribution in [0.25, 0.3) is 0 Å². The maximum Gasteiger partial charge on any atom is 0.145 e. The molecule has 0 bridgehead atoms. The Hall–Kier alpha value is -1.33. The van der Waals surface area contributed by atoms with Crippen LogP contribution in [0.1, 0.15) is 0 Å². The highest BCUT2D eigenvalue weighted by Crippen LogP contribution is 2.21. The van der Waals surface area contributed by atoms with Crippen molar-refractivity contribution in [3.8, 4) is 5.75 Å². The van der Waals surface area contributed by atoms with E-state index in [0.717, 1.165) is 32.8 Å². The van der Waals surface area contributed by atoms with Crippen LogP contribution in [0.3, 0.4) is 0 Å². The molecule has 0 unspecified atom stereocenters. The van der Waals surface area contributed by atoms with Gasteiger partial charge in [0.15, 0.2) is 0 Å². The minimum atomic E-state index is -0.333. The summed E-state index contributed by atoms with van der Waals surface area (Å²) < 4.78 is 23.7. The molecule has 0 spiro atoms. The highest BCUT2D eigenvalue weighted by molar-refractivity contribution is 5.52. The molecule has 0 saturated carbocycles. The fourth-order valence-electron chi connectivity index (χ4n) is 1.74. The predicted molar refractivity (Wildman–Crippen MR) is 63.6 cm³/mol. The molecule has 0 radical (unpaired) electrons. The predicted octanol–water partition coefficient (Wildman–Crippen LogP) is 1.12. The molecule has 0 aromatic heterocycles. The van der Waals surface area contributed by atoms with Gasteiger partial charge in [-0.15, -0.1) is 0 Å². The lowest BCUT2D eigenvalue weighted by molar-refractivity contribution is 0.0323. The Morgan fingerprint density at radius 2 is 2.12 bits per heavy atom. The van der Waals surface area contributed by atoms with Gasteiger partial charge in [0.25, 0.3) is 0 Å². The van der Waals surface area contributed by atoms with E-state index < -0.39 is 0 Å². The Morgan fingerprint density at radius 1 is 1.35 bits per heavy atom. The largest absolute Gasteiger partial charge is 0.490 e.